The number of hydrogen-bond donors (Lipinski definition) is 4. The molecule has 25 heavy (non-hydrogen) atoms. The van der Waals surface area contributed by atoms with Crippen molar-refractivity contribution in [3.8, 4) is 0 Å². The van der Waals surface area contributed by atoms with Gasteiger partial charge in [-0.1, -0.05) is 6.42 Å². The maximum absolute atomic E-state index is 12.2. The summed E-state index contributed by atoms with van der Waals surface area (Å²) < 4.78 is 5.28. The molecule has 0 aromatic heterocycles. The summed E-state index contributed by atoms with van der Waals surface area (Å²) in [6, 6.07) is -0.246. The first-order valence-electron chi connectivity index (χ1n) is 9.20. The normalized spacial score (nSPS) is 29.7. The molecule has 8 heteroatoms. The molecular formula is C17H31N5O3. The van der Waals surface area contributed by atoms with Crippen molar-refractivity contribution < 1.29 is 14.3 Å². The third kappa shape index (κ3) is 6.19. The van der Waals surface area contributed by atoms with Crippen LogP contribution in [-0.4, -0.2) is 36.9 Å². The van der Waals surface area contributed by atoms with Gasteiger partial charge >= 0.3 is 5.97 Å². The highest BCUT2D eigenvalue weighted by atomic mass is 16.5. The Balaban J connectivity index is 1.75. The van der Waals surface area contributed by atoms with Crippen molar-refractivity contribution in [3.05, 3.63) is 0 Å². The van der Waals surface area contributed by atoms with Crippen LogP contribution >= 0.6 is 0 Å². The highest BCUT2D eigenvalue weighted by molar-refractivity contribution is 5.79. The van der Waals surface area contributed by atoms with Crippen LogP contribution in [0.15, 0.2) is 5.10 Å². The number of piperidine rings is 1. The summed E-state index contributed by atoms with van der Waals surface area (Å²) in [6.07, 6.45) is 6.78. The SMILES string of the molecule is N/N=C(\N)CCC1CCC2CNC(C(=O)OCCCC(N)=O)CC2C1. The Bertz CT molecular complexity index is 497. The maximum atomic E-state index is 12.2. The molecule has 0 aromatic rings. The third-order valence-electron chi connectivity index (χ3n) is 5.48. The molecule has 4 atom stereocenters. The summed E-state index contributed by atoms with van der Waals surface area (Å²) in [5, 5.41) is 6.85. The second-order valence-electron chi connectivity index (χ2n) is 7.29. The molecule has 0 bridgehead atoms. The maximum Gasteiger partial charge on any atom is 0.323 e. The molecule has 1 amide bonds. The van der Waals surface area contributed by atoms with Crippen molar-refractivity contribution >= 4 is 17.7 Å². The zero-order valence-corrected chi connectivity index (χ0v) is 14.8. The standard InChI is InChI=1S/C17H31N5O3/c18-15(22-20)6-4-11-3-5-12-10-21-14(9-13(12)8-11)17(24)25-7-1-2-16(19)23/h11-14,21H,1-10,20H2,(H2,18,22)(H2,19,23). The molecule has 142 valence electrons. The van der Waals surface area contributed by atoms with Crippen LogP contribution in [0, 0.1) is 17.8 Å². The van der Waals surface area contributed by atoms with Gasteiger partial charge in [-0.2, -0.15) is 5.10 Å². The van der Waals surface area contributed by atoms with E-state index in [9.17, 15) is 9.59 Å². The number of fused-ring (bicyclic) bond motifs is 1. The monoisotopic (exact) mass is 353 g/mol. The van der Waals surface area contributed by atoms with Crippen LogP contribution in [0.3, 0.4) is 0 Å². The molecule has 2 rings (SSSR count). The van der Waals surface area contributed by atoms with Crippen LogP contribution in [0.4, 0.5) is 0 Å². The minimum Gasteiger partial charge on any atom is -0.465 e. The van der Waals surface area contributed by atoms with Crippen LogP contribution < -0.4 is 22.6 Å². The molecule has 0 radical (unpaired) electrons. The van der Waals surface area contributed by atoms with E-state index < -0.39 is 0 Å². The van der Waals surface area contributed by atoms with Gasteiger partial charge in [0.15, 0.2) is 0 Å². The van der Waals surface area contributed by atoms with Crippen LogP contribution in [0.25, 0.3) is 0 Å². The lowest BCUT2D eigenvalue weighted by atomic mass is 9.69. The molecule has 7 N–H and O–H groups in total. The predicted octanol–water partition coefficient (Wildman–Crippen LogP) is 0.201. The fourth-order valence-electron chi connectivity index (χ4n) is 4.04. The summed E-state index contributed by atoms with van der Waals surface area (Å²) in [5.74, 6) is 6.90. The Morgan fingerprint density at radius 3 is 2.64 bits per heavy atom. The summed E-state index contributed by atoms with van der Waals surface area (Å²) in [5.41, 5.74) is 10.8. The second kappa shape index (κ2) is 9.60. The van der Waals surface area contributed by atoms with E-state index in [1.54, 1.807) is 0 Å². The van der Waals surface area contributed by atoms with Crippen LogP contribution in [0.1, 0.15) is 51.4 Å². The number of nitrogens with two attached hydrogens (primary N) is 3. The van der Waals surface area contributed by atoms with Crippen LogP contribution in [-0.2, 0) is 14.3 Å². The Kier molecular flexibility index (Phi) is 7.49. The molecule has 1 saturated heterocycles. The Morgan fingerprint density at radius 1 is 1.12 bits per heavy atom. The Hall–Kier alpha value is -1.83. The van der Waals surface area contributed by atoms with E-state index in [4.69, 9.17) is 22.0 Å². The minimum absolute atomic E-state index is 0.218. The van der Waals surface area contributed by atoms with E-state index >= 15 is 0 Å². The van der Waals surface area contributed by atoms with E-state index in [2.05, 4.69) is 10.4 Å². The number of nitrogens with zero attached hydrogens (tertiary/aromatic N) is 1. The number of nitrogens with one attached hydrogen (secondary N) is 1. The van der Waals surface area contributed by atoms with Crippen LogP contribution in [0.2, 0.25) is 0 Å². The molecule has 4 unspecified atom stereocenters. The zero-order chi connectivity index (χ0) is 18.2. The number of hydrogen-bond acceptors (Lipinski definition) is 6. The van der Waals surface area contributed by atoms with E-state index in [0.717, 1.165) is 32.2 Å². The Morgan fingerprint density at radius 2 is 1.92 bits per heavy atom. The minimum atomic E-state index is -0.372. The molecule has 0 aromatic carbocycles. The van der Waals surface area contributed by atoms with Gasteiger partial charge in [0.05, 0.1) is 6.61 Å². The average molecular weight is 353 g/mol. The van der Waals surface area contributed by atoms with Gasteiger partial charge in [-0.15, -0.1) is 0 Å². The van der Waals surface area contributed by atoms with E-state index in [1.165, 1.54) is 12.8 Å². The van der Waals surface area contributed by atoms with E-state index in [0.29, 0.717) is 30.0 Å². The summed E-state index contributed by atoms with van der Waals surface area (Å²) in [6.45, 7) is 1.11. The highest BCUT2D eigenvalue weighted by Gasteiger charge is 2.38. The molecule has 1 aliphatic heterocycles. The van der Waals surface area contributed by atoms with Gasteiger partial charge in [0.2, 0.25) is 5.91 Å². The lowest BCUT2D eigenvalue weighted by Crippen LogP contribution is -2.50. The number of primary amides is 1. The lowest BCUT2D eigenvalue weighted by Gasteiger charge is -2.42. The van der Waals surface area contributed by atoms with Crippen molar-refractivity contribution in [2.75, 3.05) is 13.2 Å². The smallest absolute Gasteiger partial charge is 0.323 e. The number of amidine groups is 1. The van der Waals surface area contributed by atoms with Crippen LogP contribution in [0.5, 0.6) is 0 Å². The number of esters is 1. The second-order valence-corrected chi connectivity index (χ2v) is 7.29. The molecule has 1 saturated carbocycles. The van der Waals surface area contributed by atoms with E-state index in [-0.39, 0.29) is 30.9 Å². The quantitative estimate of drug-likeness (QED) is 0.122. The molecule has 2 aliphatic rings. The first kappa shape index (κ1) is 19.5. The zero-order valence-electron chi connectivity index (χ0n) is 14.8. The summed E-state index contributed by atoms with van der Waals surface area (Å²) >= 11 is 0. The number of carbonyl (C=O) groups is 2. The van der Waals surface area contributed by atoms with Crippen molar-refractivity contribution in [1.29, 1.82) is 0 Å². The van der Waals surface area contributed by atoms with Gasteiger partial charge in [-0.05, 0) is 56.4 Å². The summed E-state index contributed by atoms with van der Waals surface area (Å²) in [4.78, 5) is 22.9. The Labute approximate surface area is 148 Å². The fourth-order valence-corrected chi connectivity index (χ4v) is 4.04. The largest absolute Gasteiger partial charge is 0.465 e. The van der Waals surface area contributed by atoms with Crippen molar-refractivity contribution in [2.45, 2.75) is 57.4 Å². The number of rotatable bonds is 8. The molecule has 1 aliphatic carbocycles. The van der Waals surface area contributed by atoms with Crippen molar-refractivity contribution in [3.63, 3.8) is 0 Å². The number of ether oxygens (including phenoxy) is 1. The number of amides is 1. The topological polar surface area (TPSA) is 146 Å². The fraction of sp³-hybridized carbons (Fsp3) is 0.824. The first-order valence-corrected chi connectivity index (χ1v) is 9.20. The third-order valence-corrected chi connectivity index (χ3v) is 5.48. The first-order chi connectivity index (χ1) is 12.0. The van der Waals surface area contributed by atoms with Gasteiger partial charge in [0.1, 0.15) is 11.9 Å². The average Bonchev–Trinajstić information content (AvgIpc) is 2.62. The van der Waals surface area contributed by atoms with Gasteiger partial charge in [0, 0.05) is 12.8 Å². The predicted molar refractivity (Wildman–Crippen MR) is 95.2 cm³/mol. The highest BCUT2D eigenvalue weighted by Crippen LogP contribution is 2.40. The van der Waals surface area contributed by atoms with Gasteiger partial charge in [-0.25, -0.2) is 0 Å². The number of hydrazone groups is 1. The van der Waals surface area contributed by atoms with Gasteiger partial charge in [0.25, 0.3) is 0 Å². The lowest BCUT2D eigenvalue weighted by molar-refractivity contribution is -0.148. The molecule has 0 spiro atoms. The molecular weight excluding hydrogens is 322 g/mol. The van der Waals surface area contributed by atoms with Crippen molar-refractivity contribution in [1.82, 2.24) is 5.32 Å². The molecule has 2 fully saturated rings. The number of carbonyl (C=O) groups excluding carboxylic acids is 2. The van der Waals surface area contributed by atoms with E-state index in [1.807, 2.05) is 0 Å². The molecule has 1 heterocycles. The summed E-state index contributed by atoms with van der Waals surface area (Å²) in [7, 11) is 0. The van der Waals surface area contributed by atoms with Crippen molar-refractivity contribution in [2.24, 2.45) is 40.2 Å². The van der Waals surface area contributed by atoms with Gasteiger partial charge < -0.3 is 27.4 Å². The molecule has 8 nitrogen and oxygen atoms in total. The van der Waals surface area contributed by atoms with Gasteiger partial charge in [-0.3, -0.25) is 9.59 Å².